The van der Waals surface area contributed by atoms with E-state index in [4.69, 9.17) is 0 Å². The first-order valence-electron chi connectivity index (χ1n) is 7.99. The van der Waals surface area contributed by atoms with Gasteiger partial charge in [-0.15, -0.1) is 0 Å². The molecular formula is C15H24N4O2S. The Morgan fingerprint density at radius 1 is 1.14 bits per heavy atom. The average Bonchev–Trinajstić information content (AvgIpc) is 3.00. The van der Waals surface area contributed by atoms with Gasteiger partial charge in [0.25, 0.3) is 0 Å². The molecule has 0 N–H and O–H groups in total. The van der Waals surface area contributed by atoms with Gasteiger partial charge in [0.1, 0.15) is 11.6 Å². The molecule has 0 saturated carbocycles. The van der Waals surface area contributed by atoms with Crippen molar-refractivity contribution in [2.45, 2.75) is 38.5 Å². The Bertz CT molecular complexity index is 641. The maximum Gasteiger partial charge on any atom is 0.211 e. The van der Waals surface area contributed by atoms with Gasteiger partial charge in [-0.1, -0.05) is 0 Å². The van der Waals surface area contributed by atoms with Gasteiger partial charge in [-0.2, -0.15) is 0 Å². The zero-order chi connectivity index (χ0) is 15.7. The van der Waals surface area contributed by atoms with Crippen LogP contribution in [0.4, 0.5) is 5.82 Å². The predicted octanol–water partition coefficient (Wildman–Crippen LogP) is 1.52. The number of sulfonamides is 1. The van der Waals surface area contributed by atoms with E-state index in [0.29, 0.717) is 13.1 Å². The zero-order valence-corrected chi connectivity index (χ0v) is 14.1. The van der Waals surface area contributed by atoms with Crippen LogP contribution in [0.3, 0.4) is 0 Å². The van der Waals surface area contributed by atoms with E-state index < -0.39 is 10.0 Å². The number of anilines is 1. The van der Waals surface area contributed by atoms with Crippen molar-refractivity contribution in [1.29, 1.82) is 0 Å². The second-order valence-corrected chi connectivity index (χ2v) is 8.33. The van der Waals surface area contributed by atoms with Crippen LogP contribution in [-0.2, 0) is 10.0 Å². The Morgan fingerprint density at radius 2 is 1.86 bits per heavy atom. The first kappa shape index (κ1) is 15.7. The Morgan fingerprint density at radius 3 is 2.55 bits per heavy atom. The molecule has 122 valence electrons. The van der Waals surface area contributed by atoms with Crippen LogP contribution >= 0.6 is 0 Å². The van der Waals surface area contributed by atoms with Crippen LogP contribution in [-0.4, -0.2) is 55.1 Å². The maximum absolute atomic E-state index is 11.8. The highest BCUT2D eigenvalue weighted by Crippen LogP contribution is 2.29. The highest BCUT2D eigenvalue weighted by molar-refractivity contribution is 7.88. The molecule has 1 aromatic rings. The maximum atomic E-state index is 11.8. The third kappa shape index (κ3) is 3.41. The van der Waals surface area contributed by atoms with Gasteiger partial charge >= 0.3 is 0 Å². The Balaban J connectivity index is 1.84. The van der Waals surface area contributed by atoms with Gasteiger partial charge in [0, 0.05) is 38.2 Å². The van der Waals surface area contributed by atoms with Gasteiger partial charge in [0.15, 0.2) is 0 Å². The number of hydrogen-bond donors (Lipinski definition) is 0. The minimum atomic E-state index is -3.12. The predicted molar refractivity (Wildman–Crippen MR) is 86.6 cm³/mol. The summed E-state index contributed by atoms with van der Waals surface area (Å²) in [6, 6.07) is 2.06. The normalized spacial score (nSPS) is 23.9. The fourth-order valence-electron chi connectivity index (χ4n) is 3.38. The lowest BCUT2D eigenvalue weighted by molar-refractivity contribution is 0.314. The summed E-state index contributed by atoms with van der Waals surface area (Å²) in [6.07, 6.45) is 5.59. The van der Waals surface area contributed by atoms with Crippen molar-refractivity contribution in [3.05, 3.63) is 17.6 Å². The first-order chi connectivity index (χ1) is 10.4. The lowest BCUT2D eigenvalue weighted by Crippen LogP contribution is -2.38. The van der Waals surface area contributed by atoms with E-state index >= 15 is 0 Å². The first-order valence-corrected chi connectivity index (χ1v) is 9.84. The van der Waals surface area contributed by atoms with E-state index in [1.165, 1.54) is 19.1 Å². The summed E-state index contributed by atoms with van der Waals surface area (Å²) in [4.78, 5) is 11.4. The summed E-state index contributed by atoms with van der Waals surface area (Å²) < 4.78 is 25.2. The highest BCUT2D eigenvalue weighted by atomic mass is 32.2. The molecule has 22 heavy (non-hydrogen) atoms. The monoisotopic (exact) mass is 324 g/mol. The molecule has 0 amide bonds. The quantitative estimate of drug-likeness (QED) is 0.843. The minimum absolute atomic E-state index is 0.173. The SMILES string of the molecule is Cc1nc([C@@H]2CCCN(S(C)(=O)=O)C2)cc(N2CCCC2)n1. The van der Waals surface area contributed by atoms with Crippen molar-refractivity contribution in [1.82, 2.24) is 14.3 Å². The van der Waals surface area contributed by atoms with Gasteiger partial charge in [-0.3, -0.25) is 0 Å². The van der Waals surface area contributed by atoms with Crippen LogP contribution < -0.4 is 4.90 Å². The average molecular weight is 324 g/mol. The lowest BCUT2D eigenvalue weighted by Gasteiger charge is -2.31. The summed E-state index contributed by atoms with van der Waals surface area (Å²) in [5.74, 6) is 1.94. The van der Waals surface area contributed by atoms with E-state index in [2.05, 4.69) is 20.9 Å². The van der Waals surface area contributed by atoms with E-state index in [1.54, 1.807) is 4.31 Å². The molecule has 3 heterocycles. The van der Waals surface area contributed by atoms with Crippen LogP contribution in [0.25, 0.3) is 0 Å². The number of rotatable bonds is 3. The number of aromatic nitrogens is 2. The number of aryl methyl sites for hydroxylation is 1. The Labute approximate surface area is 132 Å². The van der Waals surface area contributed by atoms with Crippen molar-refractivity contribution < 1.29 is 8.42 Å². The summed E-state index contributed by atoms with van der Waals surface area (Å²) in [5.41, 5.74) is 0.989. The van der Waals surface area contributed by atoms with Crippen molar-refractivity contribution >= 4 is 15.8 Å². The van der Waals surface area contributed by atoms with Crippen molar-refractivity contribution in [2.24, 2.45) is 0 Å². The molecule has 2 aliphatic rings. The van der Waals surface area contributed by atoms with E-state index in [9.17, 15) is 8.42 Å². The highest BCUT2D eigenvalue weighted by Gasteiger charge is 2.28. The molecule has 3 rings (SSSR count). The summed E-state index contributed by atoms with van der Waals surface area (Å²) in [7, 11) is -3.12. The molecular weight excluding hydrogens is 300 g/mol. The van der Waals surface area contributed by atoms with Gasteiger partial charge < -0.3 is 4.90 Å². The fraction of sp³-hybridized carbons (Fsp3) is 0.733. The summed E-state index contributed by atoms with van der Waals surface area (Å²) >= 11 is 0. The van der Waals surface area contributed by atoms with Crippen LogP contribution in [0.2, 0.25) is 0 Å². The molecule has 0 aromatic carbocycles. The lowest BCUT2D eigenvalue weighted by atomic mass is 9.96. The summed E-state index contributed by atoms with van der Waals surface area (Å²) in [6.45, 7) is 5.18. The Kier molecular flexibility index (Phi) is 4.36. The largest absolute Gasteiger partial charge is 0.357 e. The standard InChI is InChI=1S/C15H24N4O2S/c1-12-16-14(10-15(17-12)18-7-3-4-8-18)13-6-5-9-19(11-13)22(2,20)21/h10,13H,3-9,11H2,1-2H3/t13-/m1/s1. The topological polar surface area (TPSA) is 66.4 Å². The molecule has 7 heteroatoms. The Hall–Kier alpha value is -1.21. The van der Waals surface area contributed by atoms with Gasteiger partial charge in [-0.25, -0.2) is 22.7 Å². The van der Waals surface area contributed by atoms with Crippen LogP contribution in [0.15, 0.2) is 6.07 Å². The molecule has 2 saturated heterocycles. The van der Waals surface area contributed by atoms with Crippen molar-refractivity contribution in [2.75, 3.05) is 37.3 Å². The van der Waals surface area contributed by atoms with E-state index in [-0.39, 0.29) is 5.92 Å². The zero-order valence-electron chi connectivity index (χ0n) is 13.3. The van der Waals surface area contributed by atoms with E-state index in [1.807, 2.05) is 6.92 Å². The van der Waals surface area contributed by atoms with Crippen molar-refractivity contribution in [3.8, 4) is 0 Å². The third-order valence-electron chi connectivity index (χ3n) is 4.55. The molecule has 0 spiro atoms. The summed E-state index contributed by atoms with van der Waals surface area (Å²) in [5, 5.41) is 0. The number of piperidine rings is 1. The molecule has 0 radical (unpaired) electrons. The molecule has 2 fully saturated rings. The molecule has 6 nitrogen and oxygen atoms in total. The van der Waals surface area contributed by atoms with E-state index in [0.717, 1.165) is 43.3 Å². The molecule has 1 aromatic heterocycles. The smallest absolute Gasteiger partial charge is 0.211 e. The van der Waals surface area contributed by atoms with Crippen LogP contribution in [0.5, 0.6) is 0 Å². The minimum Gasteiger partial charge on any atom is -0.357 e. The molecule has 1 atom stereocenters. The third-order valence-corrected chi connectivity index (χ3v) is 5.82. The van der Waals surface area contributed by atoms with Gasteiger partial charge in [-0.05, 0) is 32.6 Å². The molecule has 0 unspecified atom stereocenters. The van der Waals surface area contributed by atoms with Crippen LogP contribution in [0.1, 0.15) is 43.1 Å². The van der Waals surface area contributed by atoms with Gasteiger partial charge in [0.2, 0.25) is 10.0 Å². The number of nitrogens with zero attached hydrogens (tertiary/aromatic N) is 4. The van der Waals surface area contributed by atoms with Crippen LogP contribution in [0, 0.1) is 6.92 Å². The van der Waals surface area contributed by atoms with Gasteiger partial charge in [0.05, 0.1) is 11.9 Å². The number of hydrogen-bond acceptors (Lipinski definition) is 5. The fourth-order valence-corrected chi connectivity index (χ4v) is 4.29. The second-order valence-electron chi connectivity index (χ2n) is 6.35. The second kappa shape index (κ2) is 6.12. The molecule has 0 aliphatic carbocycles. The van der Waals surface area contributed by atoms with Crippen molar-refractivity contribution in [3.63, 3.8) is 0 Å². The molecule has 0 bridgehead atoms. The molecule has 2 aliphatic heterocycles.